The zero-order valence-corrected chi connectivity index (χ0v) is 14.0. The highest BCUT2D eigenvalue weighted by Crippen LogP contribution is 2.34. The van der Waals surface area contributed by atoms with E-state index in [0.29, 0.717) is 18.0 Å². The first-order valence-corrected chi connectivity index (χ1v) is 7.78. The van der Waals surface area contributed by atoms with E-state index >= 15 is 0 Å². The van der Waals surface area contributed by atoms with Gasteiger partial charge in [0.05, 0.1) is 11.0 Å². The predicted octanol–water partition coefficient (Wildman–Crippen LogP) is 4.38. The van der Waals surface area contributed by atoms with Crippen LogP contribution in [0.2, 0.25) is 0 Å². The summed E-state index contributed by atoms with van der Waals surface area (Å²) in [5.41, 5.74) is 1.15. The Kier molecular flexibility index (Phi) is 4.05. The molecule has 1 aromatic carbocycles. The van der Waals surface area contributed by atoms with E-state index in [2.05, 4.69) is 44.1 Å². The van der Waals surface area contributed by atoms with Gasteiger partial charge in [-0.25, -0.2) is 0 Å². The predicted molar refractivity (Wildman–Crippen MR) is 81.9 cm³/mol. The van der Waals surface area contributed by atoms with Gasteiger partial charge in [0.1, 0.15) is 5.76 Å². The summed E-state index contributed by atoms with van der Waals surface area (Å²) >= 11 is 6.73. The van der Waals surface area contributed by atoms with Gasteiger partial charge in [0, 0.05) is 6.04 Å². The maximum absolute atomic E-state index is 5.54. The number of hydrogen-bond acceptors (Lipinski definition) is 4. The van der Waals surface area contributed by atoms with Crippen molar-refractivity contribution in [3.8, 4) is 11.5 Å². The van der Waals surface area contributed by atoms with Gasteiger partial charge in [-0.1, -0.05) is 6.07 Å². The van der Waals surface area contributed by atoms with E-state index < -0.39 is 0 Å². The zero-order valence-electron chi connectivity index (χ0n) is 10.8. The highest BCUT2D eigenvalue weighted by atomic mass is 79.9. The molecule has 2 heterocycles. The molecule has 106 valence electrons. The van der Waals surface area contributed by atoms with Crippen LogP contribution in [0.1, 0.15) is 24.3 Å². The molecule has 1 aliphatic rings. The van der Waals surface area contributed by atoms with E-state index in [9.17, 15) is 0 Å². The van der Waals surface area contributed by atoms with Crippen LogP contribution in [0.5, 0.6) is 11.5 Å². The van der Waals surface area contributed by atoms with E-state index in [1.165, 1.54) is 0 Å². The standard InChI is InChI=1S/C14H13Br2NO3/c1-8(17-6-10-5-11(15)14(16)20-10)9-2-3-12-13(4-9)19-7-18-12/h2-5,8,17H,6-7H2,1H3. The van der Waals surface area contributed by atoms with Crippen LogP contribution in [-0.2, 0) is 6.54 Å². The van der Waals surface area contributed by atoms with Gasteiger partial charge >= 0.3 is 0 Å². The lowest BCUT2D eigenvalue weighted by Gasteiger charge is -2.13. The molecule has 0 amide bonds. The Morgan fingerprint density at radius 2 is 2.00 bits per heavy atom. The van der Waals surface area contributed by atoms with E-state index in [0.717, 1.165) is 27.3 Å². The summed E-state index contributed by atoms with van der Waals surface area (Å²) in [6.45, 7) is 3.05. The van der Waals surface area contributed by atoms with Crippen molar-refractivity contribution < 1.29 is 13.9 Å². The van der Waals surface area contributed by atoms with E-state index in [1.807, 2.05) is 24.3 Å². The van der Waals surface area contributed by atoms with Crippen LogP contribution in [0.15, 0.2) is 37.8 Å². The zero-order chi connectivity index (χ0) is 14.1. The molecule has 6 heteroatoms. The summed E-state index contributed by atoms with van der Waals surface area (Å²) in [6, 6.07) is 8.12. The van der Waals surface area contributed by atoms with Crippen molar-refractivity contribution in [2.24, 2.45) is 0 Å². The van der Waals surface area contributed by atoms with Gasteiger partial charge in [-0.2, -0.15) is 0 Å². The van der Waals surface area contributed by atoms with Gasteiger partial charge in [0.25, 0.3) is 0 Å². The van der Waals surface area contributed by atoms with E-state index in [4.69, 9.17) is 13.9 Å². The van der Waals surface area contributed by atoms with Crippen molar-refractivity contribution in [3.05, 3.63) is 44.7 Å². The summed E-state index contributed by atoms with van der Waals surface area (Å²) in [7, 11) is 0. The van der Waals surface area contributed by atoms with Gasteiger partial charge in [0.2, 0.25) is 6.79 Å². The average molecular weight is 403 g/mol. The first-order valence-electron chi connectivity index (χ1n) is 6.20. The molecule has 20 heavy (non-hydrogen) atoms. The third-order valence-corrected chi connectivity index (χ3v) is 4.89. The summed E-state index contributed by atoms with van der Waals surface area (Å²) in [6.07, 6.45) is 0. The minimum atomic E-state index is 0.187. The van der Waals surface area contributed by atoms with Crippen LogP contribution in [0.25, 0.3) is 0 Å². The van der Waals surface area contributed by atoms with Gasteiger partial charge in [-0.15, -0.1) is 0 Å². The first kappa shape index (κ1) is 14.0. The van der Waals surface area contributed by atoms with Crippen molar-refractivity contribution in [2.45, 2.75) is 19.5 Å². The number of benzene rings is 1. The summed E-state index contributed by atoms with van der Waals surface area (Å²) < 4.78 is 17.9. The van der Waals surface area contributed by atoms with Crippen LogP contribution >= 0.6 is 31.9 Å². The normalized spacial score (nSPS) is 14.6. The van der Waals surface area contributed by atoms with Gasteiger partial charge in [-0.05, 0) is 62.5 Å². The number of fused-ring (bicyclic) bond motifs is 1. The van der Waals surface area contributed by atoms with Crippen LogP contribution < -0.4 is 14.8 Å². The molecule has 0 spiro atoms. The smallest absolute Gasteiger partial charge is 0.231 e. The highest BCUT2D eigenvalue weighted by molar-refractivity contribution is 9.13. The number of ether oxygens (including phenoxy) is 2. The molecule has 1 aliphatic heterocycles. The summed E-state index contributed by atoms with van der Waals surface area (Å²) in [5, 5.41) is 3.42. The van der Waals surface area contributed by atoms with Crippen molar-refractivity contribution in [1.29, 1.82) is 0 Å². The van der Waals surface area contributed by atoms with Crippen LogP contribution in [0.3, 0.4) is 0 Å². The Balaban J connectivity index is 1.65. The lowest BCUT2D eigenvalue weighted by molar-refractivity contribution is 0.174. The fourth-order valence-corrected chi connectivity index (χ4v) is 2.69. The van der Waals surface area contributed by atoms with Crippen LogP contribution in [0, 0.1) is 0 Å². The van der Waals surface area contributed by atoms with Gasteiger partial charge in [-0.3, -0.25) is 0 Å². The van der Waals surface area contributed by atoms with Gasteiger partial charge < -0.3 is 19.2 Å². The Bertz CT molecular complexity index is 607. The van der Waals surface area contributed by atoms with E-state index in [1.54, 1.807) is 0 Å². The van der Waals surface area contributed by atoms with Crippen molar-refractivity contribution >= 4 is 31.9 Å². The minimum Gasteiger partial charge on any atom is -0.454 e. The molecule has 0 bridgehead atoms. The molecule has 0 fully saturated rings. The molecule has 2 aromatic rings. The third-order valence-electron chi connectivity index (χ3n) is 3.18. The number of furan rings is 1. The molecular formula is C14H13Br2NO3. The number of hydrogen-bond donors (Lipinski definition) is 1. The van der Waals surface area contributed by atoms with Crippen molar-refractivity contribution in [1.82, 2.24) is 5.32 Å². The quantitative estimate of drug-likeness (QED) is 0.823. The monoisotopic (exact) mass is 401 g/mol. The van der Waals surface area contributed by atoms with Crippen molar-refractivity contribution in [2.75, 3.05) is 6.79 Å². The Morgan fingerprint density at radius 3 is 2.75 bits per heavy atom. The molecule has 1 unspecified atom stereocenters. The fourth-order valence-electron chi connectivity index (χ4n) is 2.03. The Labute approximate surface area is 133 Å². The number of halogens is 2. The molecule has 0 aliphatic carbocycles. The average Bonchev–Trinajstić information content (AvgIpc) is 3.02. The molecule has 0 radical (unpaired) electrons. The van der Waals surface area contributed by atoms with Gasteiger partial charge in [0.15, 0.2) is 16.2 Å². The molecule has 0 saturated carbocycles. The lowest BCUT2D eigenvalue weighted by Crippen LogP contribution is -2.17. The Hall–Kier alpha value is -0.980. The molecular weight excluding hydrogens is 390 g/mol. The second-order valence-corrected chi connectivity index (χ2v) is 6.12. The maximum atomic E-state index is 5.54. The SMILES string of the molecule is CC(NCc1cc(Br)c(Br)o1)c1ccc2c(c1)OCO2. The number of rotatable bonds is 4. The lowest BCUT2D eigenvalue weighted by atomic mass is 10.1. The number of nitrogens with one attached hydrogen (secondary N) is 1. The molecule has 4 nitrogen and oxygen atoms in total. The van der Waals surface area contributed by atoms with Crippen LogP contribution in [0.4, 0.5) is 0 Å². The minimum absolute atomic E-state index is 0.187. The van der Waals surface area contributed by atoms with Crippen LogP contribution in [-0.4, -0.2) is 6.79 Å². The molecule has 1 atom stereocenters. The second-order valence-electron chi connectivity index (χ2n) is 4.55. The topological polar surface area (TPSA) is 43.6 Å². The summed E-state index contributed by atoms with van der Waals surface area (Å²) in [4.78, 5) is 0. The first-order chi connectivity index (χ1) is 9.63. The molecule has 1 aromatic heterocycles. The highest BCUT2D eigenvalue weighted by Gasteiger charge is 2.16. The second kappa shape index (κ2) is 5.79. The molecule has 0 saturated heterocycles. The van der Waals surface area contributed by atoms with E-state index in [-0.39, 0.29) is 6.04 Å². The summed E-state index contributed by atoms with van der Waals surface area (Å²) in [5.74, 6) is 2.48. The largest absolute Gasteiger partial charge is 0.454 e. The fraction of sp³-hybridized carbons (Fsp3) is 0.286. The van der Waals surface area contributed by atoms with Crippen molar-refractivity contribution in [3.63, 3.8) is 0 Å². The maximum Gasteiger partial charge on any atom is 0.231 e. The Morgan fingerprint density at radius 1 is 1.20 bits per heavy atom. The molecule has 3 rings (SSSR count). The third kappa shape index (κ3) is 2.87. The molecule has 1 N–H and O–H groups in total.